The Balaban J connectivity index is 2.20. The van der Waals surface area contributed by atoms with Gasteiger partial charge in [0.05, 0.1) is 4.90 Å². The maximum Gasteiger partial charge on any atom is 0.357 e. The lowest BCUT2D eigenvalue weighted by molar-refractivity contribution is 0.00585. The summed E-state index contributed by atoms with van der Waals surface area (Å²) in [5.74, 6) is -0.488. The second-order valence-electron chi connectivity index (χ2n) is 7.73. The summed E-state index contributed by atoms with van der Waals surface area (Å²) in [6, 6.07) is 10.0. The standard InChI is InChI=1S/C21H23N3O4S/c1-21(2,3)28-20(25)19-17(14-10-12-22-13-11-14)18(23-24(19)4)15-6-8-16(9-7-15)29(5,26)27/h6-13H,1-5H3. The predicted octanol–water partition coefficient (Wildman–Crippen LogP) is 3.51. The zero-order valence-corrected chi connectivity index (χ0v) is 17.8. The lowest BCUT2D eigenvalue weighted by atomic mass is 9.99. The summed E-state index contributed by atoms with van der Waals surface area (Å²) in [5.41, 5.74) is 2.27. The van der Waals surface area contributed by atoms with E-state index >= 15 is 0 Å². The summed E-state index contributed by atoms with van der Waals surface area (Å²) in [6.45, 7) is 5.41. The second kappa shape index (κ2) is 7.44. The van der Waals surface area contributed by atoms with Gasteiger partial charge in [-0.05, 0) is 50.6 Å². The Morgan fingerprint density at radius 2 is 1.59 bits per heavy atom. The van der Waals surface area contributed by atoms with Crippen LogP contribution in [0, 0.1) is 0 Å². The molecule has 0 atom stereocenters. The molecule has 0 aliphatic heterocycles. The molecule has 2 aromatic heterocycles. The lowest BCUT2D eigenvalue weighted by Gasteiger charge is -2.20. The van der Waals surface area contributed by atoms with Gasteiger partial charge in [-0.25, -0.2) is 13.2 Å². The van der Waals surface area contributed by atoms with Crippen LogP contribution >= 0.6 is 0 Å². The van der Waals surface area contributed by atoms with Crippen LogP contribution in [0.1, 0.15) is 31.3 Å². The zero-order valence-electron chi connectivity index (χ0n) is 17.0. The minimum atomic E-state index is -3.31. The maximum atomic E-state index is 12.9. The number of sulfone groups is 1. The van der Waals surface area contributed by atoms with Gasteiger partial charge in [0.25, 0.3) is 0 Å². The SMILES string of the molecule is Cn1nc(-c2ccc(S(C)(=O)=O)cc2)c(-c2ccncc2)c1C(=O)OC(C)(C)C. The van der Waals surface area contributed by atoms with Gasteiger partial charge in [0.2, 0.25) is 0 Å². The topological polar surface area (TPSA) is 91.1 Å². The molecule has 0 unspecified atom stereocenters. The zero-order chi connectivity index (χ0) is 21.4. The van der Waals surface area contributed by atoms with Gasteiger partial charge in [0.15, 0.2) is 15.5 Å². The number of rotatable bonds is 4. The van der Waals surface area contributed by atoms with E-state index in [1.165, 1.54) is 16.8 Å². The van der Waals surface area contributed by atoms with Crippen LogP contribution in [0.4, 0.5) is 0 Å². The molecule has 0 fully saturated rings. The first-order chi connectivity index (χ1) is 13.5. The molecule has 0 N–H and O–H groups in total. The molecule has 29 heavy (non-hydrogen) atoms. The number of pyridine rings is 1. The maximum absolute atomic E-state index is 12.9. The molecule has 0 saturated carbocycles. The van der Waals surface area contributed by atoms with Crippen molar-refractivity contribution in [3.8, 4) is 22.4 Å². The van der Waals surface area contributed by atoms with Crippen LogP contribution in [0.2, 0.25) is 0 Å². The van der Waals surface area contributed by atoms with Crippen molar-refractivity contribution in [1.29, 1.82) is 0 Å². The number of hydrogen-bond donors (Lipinski definition) is 0. The van der Waals surface area contributed by atoms with Crippen LogP contribution in [-0.4, -0.2) is 41.0 Å². The van der Waals surface area contributed by atoms with Crippen LogP contribution in [0.25, 0.3) is 22.4 Å². The molecule has 0 aliphatic carbocycles. The van der Waals surface area contributed by atoms with Crippen LogP contribution in [0.5, 0.6) is 0 Å². The Kier molecular flexibility index (Phi) is 5.32. The Morgan fingerprint density at radius 1 is 1.00 bits per heavy atom. The highest BCUT2D eigenvalue weighted by atomic mass is 32.2. The van der Waals surface area contributed by atoms with Gasteiger partial charge >= 0.3 is 5.97 Å². The first-order valence-electron chi connectivity index (χ1n) is 8.98. The normalized spacial score (nSPS) is 12.0. The summed E-state index contributed by atoms with van der Waals surface area (Å²) in [7, 11) is -1.63. The van der Waals surface area contributed by atoms with Gasteiger partial charge in [-0.3, -0.25) is 9.67 Å². The summed E-state index contributed by atoms with van der Waals surface area (Å²) in [6.07, 6.45) is 4.43. The molecule has 0 amide bonds. The van der Waals surface area contributed by atoms with Crippen molar-refractivity contribution in [2.75, 3.05) is 6.26 Å². The van der Waals surface area contributed by atoms with E-state index in [1.807, 2.05) is 0 Å². The first kappa shape index (κ1) is 20.7. The van der Waals surface area contributed by atoms with E-state index in [9.17, 15) is 13.2 Å². The molecule has 152 valence electrons. The summed E-state index contributed by atoms with van der Waals surface area (Å²) in [4.78, 5) is 17.2. The number of hydrogen-bond acceptors (Lipinski definition) is 6. The van der Waals surface area contributed by atoms with E-state index in [0.29, 0.717) is 22.5 Å². The van der Waals surface area contributed by atoms with Crippen LogP contribution in [-0.2, 0) is 21.6 Å². The van der Waals surface area contributed by atoms with E-state index in [-0.39, 0.29) is 4.90 Å². The third-order valence-corrected chi connectivity index (χ3v) is 5.29. The highest BCUT2D eigenvalue weighted by Gasteiger charge is 2.28. The Labute approximate surface area is 170 Å². The Hall–Kier alpha value is -3.00. The van der Waals surface area contributed by atoms with E-state index in [4.69, 9.17) is 4.74 Å². The van der Waals surface area contributed by atoms with Gasteiger partial charge in [0.1, 0.15) is 11.3 Å². The molecule has 0 aliphatic rings. The molecule has 0 spiro atoms. The van der Waals surface area contributed by atoms with E-state index < -0.39 is 21.4 Å². The molecule has 0 radical (unpaired) electrons. The van der Waals surface area contributed by atoms with E-state index in [0.717, 1.165) is 11.8 Å². The van der Waals surface area contributed by atoms with Crippen molar-refractivity contribution in [2.24, 2.45) is 7.05 Å². The van der Waals surface area contributed by atoms with Gasteiger partial charge < -0.3 is 4.74 Å². The number of carbonyl (C=O) groups is 1. The number of aryl methyl sites for hydroxylation is 1. The van der Waals surface area contributed by atoms with Crippen molar-refractivity contribution >= 4 is 15.8 Å². The third kappa shape index (κ3) is 4.54. The molecule has 8 heteroatoms. The minimum Gasteiger partial charge on any atom is -0.455 e. The average Bonchev–Trinajstić information content (AvgIpc) is 2.98. The largest absolute Gasteiger partial charge is 0.455 e. The third-order valence-electron chi connectivity index (χ3n) is 4.16. The number of esters is 1. The van der Waals surface area contributed by atoms with Crippen LogP contribution in [0.3, 0.4) is 0 Å². The average molecular weight is 413 g/mol. The fourth-order valence-electron chi connectivity index (χ4n) is 2.94. The van der Waals surface area contributed by atoms with E-state index in [2.05, 4.69) is 10.1 Å². The highest BCUT2D eigenvalue weighted by molar-refractivity contribution is 7.90. The second-order valence-corrected chi connectivity index (χ2v) is 9.75. The van der Waals surface area contributed by atoms with Crippen LogP contribution < -0.4 is 0 Å². The summed E-state index contributed by atoms with van der Waals surface area (Å²) in [5, 5.41) is 4.55. The van der Waals surface area contributed by atoms with Crippen molar-refractivity contribution in [3.05, 3.63) is 54.5 Å². The minimum absolute atomic E-state index is 0.218. The van der Waals surface area contributed by atoms with Crippen LogP contribution in [0.15, 0.2) is 53.7 Å². The number of aromatic nitrogens is 3. The van der Waals surface area contributed by atoms with Crippen molar-refractivity contribution < 1.29 is 17.9 Å². The number of carbonyl (C=O) groups excluding carboxylic acids is 1. The van der Waals surface area contributed by atoms with Gasteiger partial charge in [-0.2, -0.15) is 5.10 Å². The lowest BCUT2D eigenvalue weighted by Crippen LogP contribution is -2.25. The fraction of sp³-hybridized carbons (Fsp3) is 0.286. The molecule has 3 rings (SSSR count). The van der Waals surface area contributed by atoms with Gasteiger partial charge in [-0.1, -0.05) is 12.1 Å². The smallest absolute Gasteiger partial charge is 0.357 e. The summed E-state index contributed by atoms with van der Waals surface area (Å²) < 4.78 is 30.6. The Morgan fingerprint density at radius 3 is 2.10 bits per heavy atom. The number of ether oxygens (including phenoxy) is 1. The summed E-state index contributed by atoms with van der Waals surface area (Å²) >= 11 is 0. The van der Waals surface area contributed by atoms with Gasteiger partial charge in [-0.15, -0.1) is 0 Å². The first-order valence-corrected chi connectivity index (χ1v) is 10.9. The molecule has 0 bridgehead atoms. The van der Waals surface area contributed by atoms with E-state index in [1.54, 1.807) is 64.5 Å². The fourth-order valence-corrected chi connectivity index (χ4v) is 3.57. The quantitative estimate of drug-likeness (QED) is 0.608. The van der Waals surface area contributed by atoms with Gasteiger partial charge in [0, 0.05) is 36.8 Å². The monoisotopic (exact) mass is 413 g/mol. The highest BCUT2D eigenvalue weighted by Crippen LogP contribution is 2.35. The predicted molar refractivity (Wildman–Crippen MR) is 110 cm³/mol. The molecular formula is C21H23N3O4S. The Bertz CT molecular complexity index is 1140. The number of benzene rings is 1. The van der Waals surface area contributed by atoms with Crippen molar-refractivity contribution in [2.45, 2.75) is 31.3 Å². The van der Waals surface area contributed by atoms with Crippen molar-refractivity contribution in [1.82, 2.24) is 14.8 Å². The number of nitrogens with zero attached hydrogens (tertiary/aromatic N) is 3. The molecule has 1 aromatic carbocycles. The molecule has 3 aromatic rings. The molecular weight excluding hydrogens is 390 g/mol. The molecule has 2 heterocycles. The molecule has 0 saturated heterocycles. The molecule has 7 nitrogen and oxygen atoms in total. The van der Waals surface area contributed by atoms with Crippen molar-refractivity contribution in [3.63, 3.8) is 0 Å².